The zero-order valence-corrected chi connectivity index (χ0v) is 16.5. The number of fused-ring (bicyclic) bond motifs is 2. The molecule has 0 aliphatic carbocycles. The number of likely N-dealkylation sites (N-methyl/N-ethyl adjacent to an activating group) is 1. The molecule has 6 heteroatoms. The van der Waals surface area contributed by atoms with E-state index in [1.165, 1.54) is 10.4 Å². The second-order valence-electron chi connectivity index (χ2n) is 7.01. The summed E-state index contributed by atoms with van der Waals surface area (Å²) >= 11 is 7.69. The number of hydrogen-bond acceptors (Lipinski definition) is 3. The fourth-order valence-corrected chi connectivity index (χ4v) is 4.71. The summed E-state index contributed by atoms with van der Waals surface area (Å²) in [5, 5.41) is 4.89. The number of carbonyl (C=O) groups is 1. The summed E-state index contributed by atoms with van der Waals surface area (Å²) in [5.41, 5.74) is 3.34. The van der Waals surface area contributed by atoms with Crippen LogP contribution in [0, 0.1) is 0 Å². The zero-order chi connectivity index (χ0) is 18.3. The van der Waals surface area contributed by atoms with E-state index in [-0.39, 0.29) is 11.9 Å². The molecule has 0 bridgehead atoms. The lowest BCUT2D eigenvalue weighted by atomic mass is 10.1. The van der Waals surface area contributed by atoms with Crippen molar-refractivity contribution in [2.75, 3.05) is 20.1 Å². The van der Waals surface area contributed by atoms with E-state index < -0.39 is 0 Å². The van der Waals surface area contributed by atoms with Gasteiger partial charge >= 0.3 is 0 Å². The van der Waals surface area contributed by atoms with Crippen LogP contribution >= 0.6 is 22.9 Å². The first-order chi connectivity index (χ1) is 12.5. The molecule has 0 radical (unpaired) electrons. The van der Waals surface area contributed by atoms with Crippen LogP contribution in [-0.4, -0.2) is 35.9 Å². The largest absolute Gasteiger partial charge is 0.357 e. The highest BCUT2D eigenvalue weighted by molar-refractivity contribution is 7.14. The second-order valence-corrected chi connectivity index (χ2v) is 8.59. The fourth-order valence-electron chi connectivity index (χ4n) is 3.42. The molecule has 1 atom stereocenters. The van der Waals surface area contributed by atoms with Crippen molar-refractivity contribution in [2.24, 2.45) is 0 Å². The van der Waals surface area contributed by atoms with Crippen LogP contribution in [0.25, 0.3) is 10.9 Å². The van der Waals surface area contributed by atoms with E-state index in [2.05, 4.69) is 28.3 Å². The Morgan fingerprint density at radius 2 is 2.08 bits per heavy atom. The van der Waals surface area contributed by atoms with Gasteiger partial charge in [0.05, 0.1) is 10.9 Å². The molecule has 2 N–H and O–H groups in total. The highest BCUT2D eigenvalue weighted by atomic mass is 35.5. The van der Waals surface area contributed by atoms with Crippen LogP contribution in [0.15, 0.2) is 30.3 Å². The smallest absolute Gasteiger partial charge is 0.261 e. The van der Waals surface area contributed by atoms with Gasteiger partial charge in [-0.15, -0.1) is 11.3 Å². The first-order valence-electron chi connectivity index (χ1n) is 8.89. The molecule has 136 valence electrons. The van der Waals surface area contributed by atoms with Gasteiger partial charge in [0.15, 0.2) is 0 Å². The van der Waals surface area contributed by atoms with E-state index in [4.69, 9.17) is 11.6 Å². The predicted molar refractivity (Wildman–Crippen MR) is 108 cm³/mol. The Morgan fingerprint density at radius 1 is 1.27 bits per heavy atom. The van der Waals surface area contributed by atoms with Gasteiger partial charge in [0.25, 0.3) is 5.91 Å². The maximum absolute atomic E-state index is 12.7. The first kappa shape index (κ1) is 17.6. The standard InChI is InChI=1S/C20H22ClN3OS/c1-12(17-10-14-9-15(21)3-4-16(14)23-17)22-20(25)19-11-13-5-7-24(2)8-6-18(13)26-19/h3-4,9-12,23H,5-8H2,1-2H3,(H,22,25). The predicted octanol–water partition coefficient (Wildman–Crippen LogP) is 4.40. The number of nitrogens with one attached hydrogen (secondary N) is 2. The number of aromatic amines is 1. The summed E-state index contributed by atoms with van der Waals surface area (Å²) in [6.45, 7) is 4.11. The highest BCUT2D eigenvalue weighted by Gasteiger charge is 2.20. The molecule has 0 saturated carbocycles. The molecule has 0 saturated heterocycles. The molecule has 26 heavy (non-hydrogen) atoms. The van der Waals surface area contributed by atoms with Gasteiger partial charge in [0, 0.05) is 39.6 Å². The third kappa shape index (κ3) is 3.52. The third-order valence-electron chi connectivity index (χ3n) is 5.02. The molecular weight excluding hydrogens is 366 g/mol. The lowest BCUT2D eigenvalue weighted by molar-refractivity contribution is 0.0943. The maximum Gasteiger partial charge on any atom is 0.261 e. The van der Waals surface area contributed by atoms with E-state index >= 15 is 0 Å². The minimum Gasteiger partial charge on any atom is -0.357 e. The number of hydrogen-bond donors (Lipinski definition) is 2. The number of amides is 1. The number of halogens is 1. The van der Waals surface area contributed by atoms with Crippen molar-refractivity contribution in [3.05, 3.63) is 56.4 Å². The van der Waals surface area contributed by atoms with Crippen molar-refractivity contribution in [1.29, 1.82) is 0 Å². The van der Waals surface area contributed by atoms with Gasteiger partial charge in [-0.1, -0.05) is 11.6 Å². The Morgan fingerprint density at radius 3 is 2.92 bits per heavy atom. The Kier molecular flexibility index (Phi) is 4.78. The van der Waals surface area contributed by atoms with Crippen LogP contribution < -0.4 is 5.32 Å². The maximum atomic E-state index is 12.7. The first-order valence-corrected chi connectivity index (χ1v) is 10.1. The van der Waals surface area contributed by atoms with Gasteiger partial charge in [-0.3, -0.25) is 4.79 Å². The van der Waals surface area contributed by atoms with Crippen molar-refractivity contribution in [2.45, 2.75) is 25.8 Å². The molecule has 0 spiro atoms. The molecule has 3 heterocycles. The zero-order valence-electron chi connectivity index (χ0n) is 14.9. The van der Waals surface area contributed by atoms with Crippen LogP contribution in [0.1, 0.15) is 38.8 Å². The van der Waals surface area contributed by atoms with Gasteiger partial charge in [0.2, 0.25) is 0 Å². The Labute approximate surface area is 162 Å². The fraction of sp³-hybridized carbons (Fsp3) is 0.350. The Bertz CT molecular complexity index is 936. The molecule has 4 rings (SSSR count). The molecular formula is C20H22ClN3OS. The number of rotatable bonds is 3. The molecule has 1 aliphatic rings. The number of H-pyrrole nitrogens is 1. The van der Waals surface area contributed by atoms with Crippen molar-refractivity contribution < 1.29 is 4.79 Å². The van der Waals surface area contributed by atoms with Crippen LogP contribution in [0.2, 0.25) is 5.02 Å². The summed E-state index contributed by atoms with van der Waals surface area (Å²) in [7, 11) is 2.15. The topological polar surface area (TPSA) is 48.1 Å². The molecule has 1 unspecified atom stereocenters. The van der Waals surface area contributed by atoms with Crippen LogP contribution in [-0.2, 0) is 12.8 Å². The average molecular weight is 388 g/mol. The van der Waals surface area contributed by atoms with E-state index in [9.17, 15) is 4.79 Å². The number of nitrogens with zero attached hydrogens (tertiary/aromatic N) is 1. The van der Waals surface area contributed by atoms with Gasteiger partial charge in [0.1, 0.15) is 0 Å². The normalized spacial score (nSPS) is 16.3. The highest BCUT2D eigenvalue weighted by Crippen LogP contribution is 2.27. The minimum absolute atomic E-state index is 0.000571. The van der Waals surface area contributed by atoms with Crippen molar-refractivity contribution in [3.8, 4) is 0 Å². The van der Waals surface area contributed by atoms with Gasteiger partial charge in [-0.05, 0) is 62.7 Å². The monoisotopic (exact) mass is 387 g/mol. The third-order valence-corrected chi connectivity index (χ3v) is 6.49. The minimum atomic E-state index is -0.0956. The van der Waals surface area contributed by atoms with Crippen molar-refractivity contribution >= 4 is 39.7 Å². The lowest BCUT2D eigenvalue weighted by Crippen LogP contribution is -2.26. The average Bonchev–Trinajstić information content (AvgIpc) is 3.17. The molecule has 4 nitrogen and oxygen atoms in total. The number of benzene rings is 1. The molecule has 0 fully saturated rings. The van der Waals surface area contributed by atoms with Gasteiger partial charge in [-0.25, -0.2) is 0 Å². The van der Waals surface area contributed by atoms with Crippen LogP contribution in [0.3, 0.4) is 0 Å². The van der Waals surface area contributed by atoms with Gasteiger partial charge < -0.3 is 15.2 Å². The van der Waals surface area contributed by atoms with E-state index in [1.807, 2.05) is 31.2 Å². The van der Waals surface area contributed by atoms with Crippen LogP contribution in [0.4, 0.5) is 0 Å². The summed E-state index contributed by atoms with van der Waals surface area (Å²) < 4.78 is 0. The summed E-state index contributed by atoms with van der Waals surface area (Å²) in [6.07, 6.45) is 2.05. The molecule has 1 aliphatic heterocycles. The Balaban J connectivity index is 1.49. The van der Waals surface area contributed by atoms with Crippen LogP contribution in [0.5, 0.6) is 0 Å². The number of thiophene rings is 1. The van der Waals surface area contributed by atoms with E-state index in [1.54, 1.807) is 11.3 Å². The molecule has 3 aromatic rings. The summed E-state index contributed by atoms with van der Waals surface area (Å²) in [6, 6.07) is 9.78. The quantitative estimate of drug-likeness (QED) is 0.699. The second kappa shape index (κ2) is 7.06. The summed E-state index contributed by atoms with van der Waals surface area (Å²) in [4.78, 5) is 20.6. The lowest BCUT2D eigenvalue weighted by Gasteiger charge is -2.12. The van der Waals surface area contributed by atoms with E-state index in [0.717, 1.165) is 47.4 Å². The Hall–Kier alpha value is -1.82. The summed E-state index contributed by atoms with van der Waals surface area (Å²) in [5.74, 6) is 0.000571. The number of aromatic nitrogens is 1. The molecule has 1 amide bonds. The van der Waals surface area contributed by atoms with Crippen molar-refractivity contribution in [3.63, 3.8) is 0 Å². The molecule has 1 aromatic carbocycles. The number of carbonyl (C=O) groups excluding carboxylic acids is 1. The van der Waals surface area contributed by atoms with E-state index in [0.29, 0.717) is 5.02 Å². The SMILES string of the molecule is CC(NC(=O)c1cc2c(s1)CCN(C)CC2)c1cc2cc(Cl)ccc2[nH]1. The van der Waals surface area contributed by atoms with Gasteiger partial charge in [-0.2, -0.15) is 0 Å². The van der Waals surface area contributed by atoms with Crippen molar-refractivity contribution in [1.82, 2.24) is 15.2 Å². The molecule has 2 aromatic heterocycles.